The quantitative estimate of drug-likeness (QED) is 0.809. The molecule has 0 saturated heterocycles. The molecule has 0 unspecified atom stereocenters. The number of carbonyl (C=O) groups excluding carboxylic acids is 2. The summed E-state index contributed by atoms with van der Waals surface area (Å²) in [6.07, 6.45) is 0.868. The van der Waals surface area contributed by atoms with Crippen molar-refractivity contribution in [3.63, 3.8) is 0 Å². The average molecular weight is 323 g/mol. The average Bonchev–Trinajstić information content (AvgIpc) is 2.59. The molecule has 126 valence electrons. The molecule has 2 aromatic rings. The van der Waals surface area contributed by atoms with Crippen LogP contribution in [0.5, 0.6) is 0 Å². The van der Waals surface area contributed by atoms with E-state index in [2.05, 4.69) is 19.2 Å². The molecular weight excluding hydrogens is 298 g/mol. The van der Waals surface area contributed by atoms with E-state index in [1.165, 1.54) is 0 Å². The number of amides is 1. The smallest absolute Gasteiger partial charge is 0.230 e. The van der Waals surface area contributed by atoms with Crippen LogP contribution in [0, 0.1) is 5.92 Å². The normalized spacial score (nSPS) is 11.4. The third kappa shape index (κ3) is 3.91. The number of rotatable bonds is 6. The van der Waals surface area contributed by atoms with Crippen LogP contribution in [0.15, 0.2) is 48.5 Å². The standard InChI is InChI=1S/C21H25NO2/c1-15(2)13-22-20(24)21(3,4)18-11-9-16(10-12-18)19-8-6-5-7-17(19)14-23/h5-12,14-15H,13H2,1-4H3,(H,22,24). The van der Waals surface area contributed by atoms with Gasteiger partial charge in [-0.15, -0.1) is 0 Å². The molecule has 3 heteroatoms. The Morgan fingerprint density at radius 2 is 1.71 bits per heavy atom. The van der Waals surface area contributed by atoms with E-state index in [9.17, 15) is 9.59 Å². The molecule has 3 nitrogen and oxygen atoms in total. The molecule has 0 aliphatic heterocycles. The highest BCUT2D eigenvalue weighted by atomic mass is 16.2. The first-order valence-corrected chi connectivity index (χ1v) is 8.29. The van der Waals surface area contributed by atoms with E-state index < -0.39 is 5.41 Å². The van der Waals surface area contributed by atoms with Crippen molar-refractivity contribution < 1.29 is 9.59 Å². The predicted molar refractivity (Wildman–Crippen MR) is 98.1 cm³/mol. The highest BCUT2D eigenvalue weighted by Crippen LogP contribution is 2.28. The number of hydrogen-bond acceptors (Lipinski definition) is 2. The van der Waals surface area contributed by atoms with Crippen molar-refractivity contribution >= 4 is 12.2 Å². The van der Waals surface area contributed by atoms with Crippen molar-refractivity contribution in [3.8, 4) is 11.1 Å². The summed E-state index contributed by atoms with van der Waals surface area (Å²) in [7, 11) is 0. The van der Waals surface area contributed by atoms with Crippen molar-refractivity contribution in [3.05, 3.63) is 59.7 Å². The molecule has 2 aromatic carbocycles. The van der Waals surface area contributed by atoms with Crippen molar-refractivity contribution in [2.75, 3.05) is 6.54 Å². The van der Waals surface area contributed by atoms with Gasteiger partial charge >= 0.3 is 0 Å². The molecule has 1 amide bonds. The summed E-state index contributed by atoms with van der Waals surface area (Å²) < 4.78 is 0. The summed E-state index contributed by atoms with van der Waals surface area (Å²) >= 11 is 0. The van der Waals surface area contributed by atoms with E-state index in [0.29, 0.717) is 18.0 Å². The van der Waals surface area contributed by atoms with Gasteiger partial charge < -0.3 is 5.32 Å². The zero-order valence-corrected chi connectivity index (χ0v) is 14.8. The number of hydrogen-bond donors (Lipinski definition) is 1. The van der Waals surface area contributed by atoms with Crippen LogP contribution in [-0.2, 0) is 10.2 Å². The maximum atomic E-state index is 12.5. The van der Waals surface area contributed by atoms with Gasteiger partial charge in [0.15, 0.2) is 6.29 Å². The molecule has 1 N–H and O–H groups in total. The lowest BCUT2D eigenvalue weighted by molar-refractivity contribution is -0.125. The number of nitrogens with one attached hydrogen (secondary N) is 1. The van der Waals surface area contributed by atoms with Crippen molar-refractivity contribution in [1.82, 2.24) is 5.32 Å². The summed E-state index contributed by atoms with van der Waals surface area (Å²) in [4.78, 5) is 23.7. The maximum Gasteiger partial charge on any atom is 0.230 e. The maximum absolute atomic E-state index is 12.5. The van der Waals surface area contributed by atoms with Gasteiger partial charge in [-0.1, -0.05) is 62.4 Å². The Morgan fingerprint density at radius 3 is 2.29 bits per heavy atom. The summed E-state index contributed by atoms with van der Waals surface area (Å²) in [5, 5.41) is 3.00. The molecule has 0 aliphatic carbocycles. The first-order chi connectivity index (χ1) is 11.4. The van der Waals surface area contributed by atoms with Gasteiger partial charge in [-0.25, -0.2) is 0 Å². The van der Waals surface area contributed by atoms with Gasteiger partial charge in [-0.3, -0.25) is 9.59 Å². The van der Waals surface area contributed by atoms with Crippen LogP contribution in [0.25, 0.3) is 11.1 Å². The van der Waals surface area contributed by atoms with Gasteiger partial charge in [0.05, 0.1) is 5.41 Å². The molecule has 0 heterocycles. The van der Waals surface area contributed by atoms with Crippen LogP contribution in [-0.4, -0.2) is 18.7 Å². The Balaban J connectivity index is 2.25. The van der Waals surface area contributed by atoms with Gasteiger partial charge in [0.1, 0.15) is 0 Å². The second-order valence-corrected chi connectivity index (χ2v) is 7.01. The Hall–Kier alpha value is -2.42. The number of benzene rings is 2. The summed E-state index contributed by atoms with van der Waals surface area (Å²) in [6, 6.07) is 15.4. The van der Waals surface area contributed by atoms with Gasteiger partial charge in [-0.05, 0) is 36.5 Å². The molecule has 0 aliphatic rings. The first kappa shape index (κ1) is 17.9. The Bertz CT molecular complexity index is 715. The van der Waals surface area contributed by atoms with Gasteiger partial charge in [0, 0.05) is 12.1 Å². The van der Waals surface area contributed by atoms with Crippen LogP contribution in [0.3, 0.4) is 0 Å². The lowest BCUT2D eigenvalue weighted by Crippen LogP contribution is -2.41. The van der Waals surface area contributed by atoms with Crippen LogP contribution in [0.1, 0.15) is 43.6 Å². The highest BCUT2D eigenvalue weighted by Gasteiger charge is 2.29. The molecule has 0 radical (unpaired) electrons. The van der Waals surface area contributed by atoms with Gasteiger partial charge in [0.25, 0.3) is 0 Å². The molecule has 0 spiro atoms. The Labute approximate surface area is 144 Å². The zero-order valence-electron chi connectivity index (χ0n) is 14.8. The molecule has 24 heavy (non-hydrogen) atoms. The minimum atomic E-state index is -0.600. The highest BCUT2D eigenvalue weighted by molar-refractivity contribution is 5.89. The monoisotopic (exact) mass is 323 g/mol. The van der Waals surface area contributed by atoms with Gasteiger partial charge in [0.2, 0.25) is 5.91 Å². The van der Waals surface area contributed by atoms with E-state index in [1.807, 2.05) is 56.3 Å². The minimum Gasteiger partial charge on any atom is -0.355 e. The summed E-state index contributed by atoms with van der Waals surface area (Å²) in [5.41, 5.74) is 2.90. The van der Waals surface area contributed by atoms with Crippen molar-refractivity contribution in [1.29, 1.82) is 0 Å². The van der Waals surface area contributed by atoms with Crippen LogP contribution < -0.4 is 5.32 Å². The molecule has 0 atom stereocenters. The molecule has 0 saturated carbocycles. The number of carbonyl (C=O) groups is 2. The van der Waals surface area contributed by atoms with E-state index in [0.717, 1.165) is 23.0 Å². The first-order valence-electron chi connectivity index (χ1n) is 8.29. The lowest BCUT2D eigenvalue weighted by Gasteiger charge is -2.25. The molecule has 0 bridgehead atoms. The third-order valence-electron chi connectivity index (χ3n) is 4.24. The third-order valence-corrected chi connectivity index (χ3v) is 4.24. The fourth-order valence-electron chi connectivity index (χ4n) is 2.58. The largest absolute Gasteiger partial charge is 0.355 e. The van der Waals surface area contributed by atoms with Gasteiger partial charge in [-0.2, -0.15) is 0 Å². The molecular formula is C21H25NO2. The minimum absolute atomic E-state index is 0.0252. The summed E-state index contributed by atoms with van der Waals surface area (Å²) in [5.74, 6) is 0.448. The molecule has 0 aromatic heterocycles. The van der Waals surface area contributed by atoms with E-state index >= 15 is 0 Å². The topological polar surface area (TPSA) is 46.2 Å². The fraction of sp³-hybridized carbons (Fsp3) is 0.333. The Kier molecular flexibility index (Phi) is 5.55. The lowest BCUT2D eigenvalue weighted by atomic mass is 9.82. The summed E-state index contributed by atoms with van der Waals surface area (Å²) in [6.45, 7) is 8.68. The van der Waals surface area contributed by atoms with E-state index in [4.69, 9.17) is 0 Å². The second kappa shape index (κ2) is 7.43. The van der Waals surface area contributed by atoms with E-state index in [-0.39, 0.29) is 5.91 Å². The van der Waals surface area contributed by atoms with E-state index in [1.54, 1.807) is 6.07 Å². The fourth-order valence-corrected chi connectivity index (χ4v) is 2.58. The SMILES string of the molecule is CC(C)CNC(=O)C(C)(C)c1ccc(-c2ccccc2C=O)cc1. The van der Waals surface area contributed by atoms with Crippen molar-refractivity contribution in [2.24, 2.45) is 5.92 Å². The zero-order chi connectivity index (χ0) is 17.7. The predicted octanol–water partition coefficient (Wildman–Crippen LogP) is 4.22. The Morgan fingerprint density at radius 1 is 1.08 bits per heavy atom. The number of aldehydes is 1. The molecule has 0 fully saturated rings. The molecule has 2 rings (SSSR count). The van der Waals surface area contributed by atoms with Crippen LogP contribution in [0.2, 0.25) is 0 Å². The van der Waals surface area contributed by atoms with Crippen molar-refractivity contribution in [2.45, 2.75) is 33.1 Å². The second-order valence-electron chi connectivity index (χ2n) is 7.01. The van der Waals surface area contributed by atoms with Crippen LogP contribution in [0.4, 0.5) is 0 Å². The van der Waals surface area contributed by atoms with Crippen LogP contribution >= 0.6 is 0 Å².